The molecule has 3 heteroatoms. The topological polar surface area (TPSA) is 30.5 Å². The van der Waals surface area contributed by atoms with Crippen LogP contribution in [0.25, 0.3) is 0 Å². The van der Waals surface area contributed by atoms with E-state index >= 15 is 0 Å². The maximum atomic E-state index is 5.87. The Morgan fingerprint density at radius 2 is 1.81 bits per heavy atom. The Morgan fingerprint density at radius 1 is 1.19 bits per heavy atom. The third-order valence-electron chi connectivity index (χ3n) is 2.28. The Labute approximate surface area is 97.8 Å². The number of hydrogen-bond acceptors (Lipinski definition) is 3. The number of methoxy groups -OCH3 is 1. The Bertz CT molecular complexity index is 299. The molecule has 0 aromatic heterocycles. The van der Waals surface area contributed by atoms with Crippen LogP contribution in [0.5, 0.6) is 5.75 Å². The second kappa shape index (κ2) is 6.51. The summed E-state index contributed by atoms with van der Waals surface area (Å²) in [5.41, 5.74) is 2.44. The molecule has 0 aliphatic heterocycles. The SMILES string of the molecule is CNCC(COC)Oc1cc(C)cc(C)c1. The van der Waals surface area contributed by atoms with Crippen molar-refractivity contribution in [3.8, 4) is 5.75 Å². The largest absolute Gasteiger partial charge is 0.487 e. The quantitative estimate of drug-likeness (QED) is 0.799. The van der Waals surface area contributed by atoms with Crippen molar-refractivity contribution in [2.24, 2.45) is 0 Å². The van der Waals surface area contributed by atoms with E-state index in [-0.39, 0.29) is 6.10 Å². The van der Waals surface area contributed by atoms with Crippen LogP contribution < -0.4 is 10.1 Å². The van der Waals surface area contributed by atoms with Gasteiger partial charge < -0.3 is 14.8 Å². The first-order valence-electron chi connectivity index (χ1n) is 5.54. The van der Waals surface area contributed by atoms with Gasteiger partial charge in [0, 0.05) is 13.7 Å². The fourth-order valence-corrected chi connectivity index (χ4v) is 1.74. The zero-order chi connectivity index (χ0) is 12.0. The molecule has 0 spiro atoms. The average molecular weight is 223 g/mol. The summed E-state index contributed by atoms with van der Waals surface area (Å²) >= 11 is 0. The van der Waals surface area contributed by atoms with Crippen LogP contribution in [0, 0.1) is 13.8 Å². The zero-order valence-electron chi connectivity index (χ0n) is 10.5. The fraction of sp³-hybridized carbons (Fsp3) is 0.538. The van der Waals surface area contributed by atoms with Crippen molar-refractivity contribution in [3.63, 3.8) is 0 Å². The van der Waals surface area contributed by atoms with Gasteiger partial charge in [-0.25, -0.2) is 0 Å². The molecule has 0 heterocycles. The van der Waals surface area contributed by atoms with Crippen molar-refractivity contribution in [1.82, 2.24) is 5.32 Å². The van der Waals surface area contributed by atoms with Gasteiger partial charge in [-0.3, -0.25) is 0 Å². The van der Waals surface area contributed by atoms with E-state index in [1.165, 1.54) is 11.1 Å². The molecule has 90 valence electrons. The van der Waals surface area contributed by atoms with Crippen LogP contribution in [-0.4, -0.2) is 33.4 Å². The van der Waals surface area contributed by atoms with Crippen LogP contribution in [0.4, 0.5) is 0 Å². The van der Waals surface area contributed by atoms with Crippen molar-refractivity contribution in [1.29, 1.82) is 0 Å². The average Bonchev–Trinajstić information content (AvgIpc) is 2.16. The number of ether oxygens (including phenoxy) is 2. The standard InChI is InChI=1S/C13H21NO2/c1-10-5-11(2)7-12(6-10)16-13(8-14-3)9-15-4/h5-7,13-14H,8-9H2,1-4H3. The molecule has 1 rings (SSSR count). The van der Waals surface area contributed by atoms with Gasteiger partial charge in [0.15, 0.2) is 0 Å². The van der Waals surface area contributed by atoms with Crippen LogP contribution in [0.1, 0.15) is 11.1 Å². The molecule has 1 aromatic carbocycles. The predicted octanol–water partition coefficient (Wildman–Crippen LogP) is 1.92. The summed E-state index contributed by atoms with van der Waals surface area (Å²) < 4.78 is 11.0. The van der Waals surface area contributed by atoms with Crippen LogP contribution in [-0.2, 0) is 4.74 Å². The van der Waals surface area contributed by atoms with Gasteiger partial charge in [-0.05, 0) is 44.2 Å². The van der Waals surface area contributed by atoms with E-state index in [4.69, 9.17) is 9.47 Å². The van der Waals surface area contributed by atoms with Gasteiger partial charge >= 0.3 is 0 Å². The molecule has 0 fully saturated rings. The first-order chi connectivity index (χ1) is 7.65. The minimum absolute atomic E-state index is 0.0520. The molecule has 0 amide bonds. The van der Waals surface area contributed by atoms with E-state index in [9.17, 15) is 0 Å². The molecule has 0 radical (unpaired) electrons. The summed E-state index contributed by atoms with van der Waals surface area (Å²) in [6, 6.07) is 6.23. The fourth-order valence-electron chi connectivity index (χ4n) is 1.74. The molecule has 16 heavy (non-hydrogen) atoms. The van der Waals surface area contributed by atoms with Crippen molar-refractivity contribution in [3.05, 3.63) is 29.3 Å². The molecule has 3 nitrogen and oxygen atoms in total. The van der Waals surface area contributed by atoms with Gasteiger partial charge in [-0.1, -0.05) is 6.07 Å². The lowest BCUT2D eigenvalue weighted by molar-refractivity contribution is 0.0818. The smallest absolute Gasteiger partial charge is 0.134 e. The number of nitrogens with one attached hydrogen (secondary N) is 1. The minimum atomic E-state index is 0.0520. The van der Waals surface area contributed by atoms with E-state index in [0.717, 1.165) is 12.3 Å². The Balaban J connectivity index is 2.68. The van der Waals surface area contributed by atoms with E-state index in [0.29, 0.717) is 6.61 Å². The molecule has 1 aromatic rings. The normalized spacial score (nSPS) is 12.5. The first kappa shape index (κ1) is 13.0. The summed E-state index contributed by atoms with van der Waals surface area (Å²) in [4.78, 5) is 0. The number of rotatable bonds is 6. The molecule has 0 saturated carbocycles. The van der Waals surface area contributed by atoms with Gasteiger partial charge in [-0.2, -0.15) is 0 Å². The Morgan fingerprint density at radius 3 is 2.31 bits per heavy atom. The molecule has 0 saturated heterocycles. The van der Waals surface area contributed by atoms with Gasteiger partial charge in [0.2, 0.25) is 0 Å². The summed E-state index contributed by atoms with van der Waals surface area (Å²) in [5, 5.41) is 3.10. The Kier molecular flexibility index (Phi) is 5.29. The Hall–Kier alpha value is -1.06. The van der Waals surface area contributed by atoms with Crippen LogP contribution in [0.15, 0.2) is 18.2 Å². The highest BCUT2D eigenvalue weighted by molar-refractivity contribution is 5.33. The molecule has 1 N–H and O–H groups in total. The lowest BCUT2D eigenvalue weighted by Crippen LogP contribution is -2.33. The maximum absolute atomic E-state index is 5.87. The lowest BCUT2D eigenvalue weighted by Gasteiger charge is -2.18. The molecule has 0 aliphatic rings. The third kappa shape index (κ3) is 4.21. The highest BCUT2D eigenvalue weighted by atomic mass is 16.5. The monoisotopic (exact) mass is 223 g/mol. The van der Waals surface area contributed by atoms with Crippen LogP contribution >= 0.6 is 0 Å². The number of benzene rings is 1. The van der Waals surface area contributed by atoms with Gasteiger partial charge in [-0.15, -0.1) is 0 Å². The summed E-state index contributed by atoms with van der Waals surface area (Å²) in [5.74, 6) is 0.912. The minimum Gasteiger partial charge on any atom is -0.487 e. The predicted molar refractivity (Wildman–Crippen MR) is 66.1 cm³/mol. The molecular formula is C13H21NO2. The van der Waals surface area contributed by atoms with E-state index in [1.807, 2.05) is 19.2 Å². The van der Waals surface area contributed by atoms with Gasteiger partial charge in [0.25, 0.3) is 0 Å². The molecular weight excluding hydrogens is 202 g/mol. The third-order valence-corrected chi connectivity index (χ3v) is 2.28. The van der Waals surface area contributed by atoms with Crippen molar-refractivity contribution in [2.75, 3.05) is 27.3 Å². The maximum Gasteiger partial charge on any atom is 0.134 e. The molecule has 0 aliphatic carbocycles. The van der Waals surface area contributed by atoms with Gasteiger partial charge in [0.05, 0.1) is 6.61 Å². The molecule has 0 bridgehead atoms. The second-order valence-electron chi connectivity index (χ2n) is 4.08. The lowest BCUT2D eigenvalue weighted by atomic mass is 10.1. The van der Waals surface area contributed by atoms with Crippen molar-refractivity contribution < 1.29 is 9.47 Å². The highest BCUT2D eigenvalue weighted by Gasteiger charge is 2.09. The van der Waals surface area contributed by atoms with Gasteiger partial charge in [0.1, 0.15) is 11.9 Å². The van der Waals surface area contributed by atoms with Crippen LogP contribution in [0.3, 0.4) is 0 Å². The molecule has 1 unspecified atom stereocenters. The second-order valence-corrected chi connectivity index (χ2v) is 4.08. The first-order valence-corrected chi connectivity index (χ1v) is 5.54. The summed E-state index contributed by atoms with van der Waals surface area (Å²) in [6.45, 7) is 5.52. The number of likely N-dealkylation sites (N-methyl/N-ethyl adjacent to an activating group) is 1. The summed E-state index contributed by atoms with van der Waals surface area (Å²) in [7, 11) is 3.60. The zero-order valence-corrected chi connectivity index (χ0v) is 10.5. The highest BCUT2D eigenvalue weighted by Crippen LogP contribution is 2.17. The van der Waals surface area contributed by atoms with Crippen molar-refractivity contribution >= 4 is 0 Å². The van der Waals surface area contributed by atoms with E-state index in [2.05, 4.69) is 25.2 Å². The van der Waals surface area contributed by atoms with Crippen LogP contribution in [0.2, 0.25) is 0 Å². The van der Waals surface area contributed by atoms with Crippen molar-refractivity contribution in [2.45, 2.75) is 20.0 Å². The van der Waals surface area contributed by atoms with E-state index < -0.39 is 0 Å². The number of hydrogen-bond donors (Lipinski definition) is 1. The van der Waals surface area contributed by atoms with E-state index in [1.54, 1.807) is 7.11 Å². The number of aryl methyl sites for hydroxylation is 2. The molecule has 1 atom stereocenters. The summed E-state index contributed by atoms with van der Waals surface area (Å²) in [6.07, 6.45) is 0.0520.